The molecule has 2 amide bonds. The van der Waals surface area contributed by atoms with Gasteiger partial charge < -0.3 is 10.1 Å². The molecule has 34 heavy (non-hydrogen) atoms. The second-order valence-corrected chi connectivity index (χ2v) is 11.9. The molecule has 8 atom stereocenters. The van der Waals surface area contributed by atoms with E-state index in [-0.39, 0.29) is 29.4 Å². The van der Waals surface area contributed by atoms with E-state index in [9.17, 15) is 19.3 Å². The molecular weight excluding hydrogens is 458 g/mol. The van der Waals surface area contributed by atoms with Gasteiger partial charge in [-0.2, -0.15) is 5.01 Å². The quantitative estimate of drug-likeness (QED) is 0.246. The number of amides is 2. The maximum absolute atomic E-state index is 12.7. The van der Waals surface area contributed by atoms with E-state index in [0.29, 0.717) is 34.5 Å². The molecule has 4 saturated carbocycles. The van der Waals surface area contributed by atoms with E-state index >= 15 is 0 Å². The molecule has 0 aliphatic heterocycles. The van der Waals surface area contributed by atoms with Gasteiger partial charge in [-0.3, -0.25) is 4.79 Å². The summed E-state index contributed by atoms with van der Waals surface area (Å²) in [5, 5.41) is 5.76. The van der Waals surface area contributed by atoms with Crippen LogP contribution in [0.5, 0.6) is 0 Å². The highest BCUT2D eigenvalue weighted by molar-refractivity contribution is 6.18. The fourth-order valence-electron chi connectivity index (χ4n) is 7.94. The van der Waals surface area contributed by atoms with Crippen LogP contribution in [0.15, 0.2) is 5.29 Å². The molecule has 4 fully saturated rings. The van der Waals surface area contributed by atoms with Crippen molar-refractivity contribution in [1.29, 1.82) is 0 Å². The first-order valence-corrected chi connectivity index (χ1v) is 13.4. The lowest BCUT2D eigenvalue weighted by Crippen LogP contribution is -2.54. The van der Waals surface area contributed by atoms with Crippen LogP contribution in [0, 0.1) is 39.4 Å². The van der Waals surface area contributed by atoms with Crippen molar-refractivity contribution < 1.29 is 19.1 Å². The Morgan fingerprint density at radius 2 is 1.94 bits per heavy atom. The highest BCUT2D eigenvalue weighted by Gasteiger charge is 2.60. The third-order valence-electron chi connectivity index (χ3n) is 9.93. The van der Waals surface area contributed by atoms with Crippen LogP contribution in [-0.2, 0) is 14.3 Å². The van der Waals surface area contributed by atoms with E-state index in [0.717, 1.165) is 51.4 Å². The van der Waals surface area contributed by atoms with Crippen LogP contribution in [0.1, 0.15) is 78.6 Å². The fraction of sp³-hybridized carbons (Fsp3) is 0.880. The molecule has 0 saturated heterocycles. The van der Waals surface area contributed by atoms with Gasteiger partial charge in [0.1, 0.15) is 17.9 Å². The molecule has 0 heterocycles. The molecule has 4 aliphatic rings. The smallest absolute Gasteiger partial charge is 0.341 e. The van der Waals surface area contributed by atoms with Gasteiger partial charge in [-0.25, -0.2) is 9.59 Å². The normalized spacial score (nSPS) is 39.8. The highest BCUT2D eigenvalue weighted by atomic mass is 35.5. The number of ether oxygens (including phenoxy) is 1. The Morgan fingerprint density at radius 1 is 1.18 bits per heavy atom. The van der Waals surface area contributed by atoms with Gasteiger partial charge in [0.05, 0.1) is 11.8 Å². The summed E-state index contributed by atoms with van der Waals surface area (Å²) in [5.74, 6) is 2.39. The molecule has 0 bridgehead atoms. The van der Waals surface area contributed by atoms with E-state index in [1.807, 2.05) is 0 Å². The first-order valence-electron chi connectivity index (χ1n) is 12.8. The molecule has 4 aliphatic carbocycles. The van der Waals surface area contributed by atoms with Gasteiger partial charge in [0.15, 0.2) is 0 Å². The number of Topliss-reactive ketones (excluding diaryl/α,β-unsaturated/α-hetero) is 1. The molecular formula is C25H38ClN3O5. The predicted molar refractivity (Wildman–Crippen MR) is 128 cm³/mol. The Morgan fingerprint density at radius 3 is 2.65 bits per heavy atom. The summed E-state index contributed by atoms with van der Waals surface area (Å²) in [7, 11) is 0. The molecule has 1 N–H and O–H groups in total. The van der Waals surface area contributed by atoms with E-state index in [4.69, 9.17) is 16.3 Å². The summed E-state index contributed by atoms with van der Waals surface area (Å²) in [5.41, 5.74) is 0.132. The Labute approximate surface area is 206 Å². The largest absolute Gasteiger partial charge is 0.461 e. The Hall–Kier alpha value is -1.70. The van der Waals surface area contributed by atoms with Crippen molar-refractivity contribution in [1.82, 2.24) is 10.3 Å². The number of rotatable bonds is 6. The minimum absolute atomic E-state index is 0.0299. The first-order chi connectivity index (χ1) is 16.1. The zero-order valence-electron chi connectivity index (χ0n) is 20.6. The number of halogens is 1. The molecule has 0 spiro atoms. The number of hydrogen-bond donors (Lipinski definition) is 1. The third-order valence-corrected chi connectivity index (χ3v) is 10.1. The van der Waals surface area contributed by atoms with Crippen LogP contribution in [0.25, 0.3) is 0 Å². The molecule has 3 unspecified atom stereocenters. The molecule has 4 rings (SSSR count). The van der Waals surface area contributed by atoms with Crippen LogP contribution < -0.4 is 5.32 Å². The number of carbonyl (C=O) groups is 3. The van der Waals surface area contributed by atoms with E-state index in [1.165, 1.54) is 6.42 Å². The molecule has 0 aromatic heterocycles. The zero-order valence-corrected chi connectivity index (χ0v) is 21.3. The molecule has 0 aromatic carbocycles. The van der Waals surface area contributed by atoms with Crippen LogP contribution >= 0.6 is 11.6 Å². The number of esters is 1. The van der Waals surface area contributed by atoms with Crippen molar-refractivity contribution in [3.63, 3.8) is 0 Å². The zero-order chi connectivity index (χ0) is 24.7. The van der Waals surface area contributed by atoms with Crippen molar-refractivity contribution in [2.75, 3.05) is 12.4 Å². The fourth-order valence-corrected chi connectivity index (χ4v) is 8.10. The first kappa shape index (κ1) is 25.4. The number of nitroso groups, excluding NO2 is 1. The van der Waals surface area contributed by atoms with Gasteiger partial charge in [0.25, 0.3) is 0 Å². The molecule has 0 radical (unpaired) electrons. The highest BCUT2D eigenvalue weighted by Crippen LogP contribution is 2.65. The summed E-state index contributed by atoms with van der Waals surface area (Å²) in [6, 6.07) is -1.64. The van der Waals surface area contributed by atoms with Gasteiger partial charge in [-0.15, -0.1) is 16.5 Å². The lowest BCUT2D eigenvalue weighted by molar-refractivity contribution is -0.163. The Bertz CT molecular complexity index is 839. The summed E-state index contributed by atoms with van der Waals surface area (Å²) in [6.07, 6.45) is 8.78. The summed E-state index contributed by atoms with van der Waals surface area (Å²) >= 11 is 5.57. The van der Waals surface area contributed by atoms with Gasteiger partial charge in [0, 0.05) is 17.7 Å². The summed E-state index contributed by atoms with van der Waals surface area (Å²) < 4.78 is 5.81. The monoisotopic (exact) mass is 495 g/mol. The second kappa shape index (κ2) is 9.75. The number of nitrogens with one attached hydrogen (secondary N) is 1. The van der Waals surface area contributed by atoms with Crippen molar-refractivity contribution in [2.24, 2.45) is 39.8 Å². The lowest BCUT2D eigenvalue weighted by Gasteiger charge is -2.60. The maximum Gasteiger partial charge on any atom is 0.341 e. The number of fused-ring (bicyclic) bond motifs is 5. The van der Waals surface area contributed by atoms with E-state index < -0.39 is 18.0 Å². The average Bonchev–Trinajstić information content (AvgIpc) is 3.12. The molecule has 0 aromatic rings. The summed E-state index contributed by atoms with van der Waals surface area (Å²) in [4.78, 5) is 48.1. The number of nitrogens with zero attached hydrogens (tertiary/aromatic N) is 2. The van der Waals surface area contributed by atoms with Gasteiger partial charge >= 0.3 is 12.0 Å². The Balaban J connectivity index is 1.34. The van der Waals surface area contributed by atoms with Crippen LogP contribution in [0.2, 0.25) is 0 Å². The minimum atomic E-state index is -0.882. The standard InChI is InChI=1S/C25H38ClN3O5/c1-15(27-23(32)29(28-33)13-12-26)22(31)34-17-8-10-24(2)16(14-17)4-5-18-19-6-7-21(30)25(19,3)11-9-20(18)24/h15-20H,4-14H2,1-3H3,(H,27,32)/t15-,16?,17+,18?,19+,20?,24-,25-/m0/s1. The lowest BCUT2D eigenvalue weighted by atomic mass is 9.45. The van der Waals surface area contributed by atoms with E-state index in [1.54, 1.807) is 6.92 Å². The third kappa shape index (κ3) is 4.35. The van der Waals surface area contributed by atoms with Crippen molar-refractivity contribution >= 4 is 29.4 Å². The second-order valence-electron chi connectivity index (χ2n) is 11.5. The summed E-state index contributed by atoms with van der Waals surface area (Å²) in [6.45, 7) is 6.17. The molecule has 8 nitrogen and oxygen atoms in total. The van der Waals surface area contributed by atoms with Crippen LogP contribution in [0.3, 0.4) is 0 Å². The van der Waals surface area contributed by atoms with E-state index in [2.05, 4.69) is 24.5 Å². The van der Waals surface area contributed by atoms with Gasteiger partial charge in [-0.05, 0) is 87.4 Å². The van der Waals surface area contributed by atoms with Crippen LogP contribution in [0.4, 0.5) is 4.79 Å². The Kier molecular flexibility index (Phi) is 7.28. The number of carbonyl (C=O) groups excluding carboxylic acids is 3. The minimum Gasteiger partial charge on any atom is -0.461 e. The average molecular weight is 496 g/mol. The van der Waals surface area contributed by atoms with Crippen molar-refractivity contribution in [2.45, 2.75) is 90.7 Å². The number of hydrogen-bond acceptors (Lipinski definition) is 6. The number of alkyl halides is 1. The number of ketones is 1. The topological polar surface area (TPSA) is 105 Å². The van der Waals surface area contributed by atoms with Gasteiger partial charge in [0.2, 0.25) is 0 Å². The van der Waals surface area contributed by atoms with Crippen molar-refractivity contribution in [3.05, 3.63) is 4.91 Å². The number of urea groups is 1. The SMILES string of the molecule is C[C@H](NC(=O)N(CCCl)N=O)C(=O)O[C@@H]1CC[C@@]2(C)C(CCC3C2CC[C@]2(C)C(=O)CC[C@H]32)C1. The van der Waals surface area contributed by atoms with Crippen molar-refractivity contribution in [3.8, 4) is 0 Å². The van der Waals surface area contributed by atoms with Gasteiger partial charge in [-0.1, -0.05) is 13.8 Å². The maximum atomic E-state index is 12.7. The van der Waals surface area contributed by atoms with Crippen LogP contribution in [-0.4, -0.2) is 47.4 Å². The predicted octanol–water partition coefficient (Wildman–Crippen LogP) is 4.83. The molecule has 9 heteroatoms. The molecule has 190 valence electrons.